The highest BCUT2D eigenvalue weighted by Crippen LogP contribution is 2.39. The van der Waals surface area contributed by atoms with Crippen LogP contribution in [0.3, 0.4) is 0 Å². The highest BCUT2D eigenvalue weighted by Gasteiger charge is 2.43. The molecule has 2 nitrogen and oxygen atoms in total. The van der Waals surface area contributed by atoms with Crippen LogP contribution >= 0.6 is 0 Å². The van der Waals surface area contributed by atoms with E-state index >= 15 is 0 Å². The molecule has 2 atom stereocenters. The fraction of sp³-hybridized carbons (Fsp3) is 1.00. The molecule has 2 rings (SSSR count). The van der Waals surface area contributed by atoms with Gasteiger partial charge in [-0.3, -0.25) is 0 Å². The Bertz CT molecular complexity index is 116. The first-order valence-electron chi connectivity index (χ1n) is 3.71. The molecule has 0 spiro atoms. The number of hydrogen-bond donors (Lipinski definition) is 2. The average Bonchev–Trinajstić information content (AvgIpc) is 2.46. The van der Waals surface area contributed by atoms with E-state index in [4.69, 9.17) is 5.11 Å². The molecule has 1 saturated heterocycles. The molecule has 1 aliphatic carbocycles. The lowest BCUT2D eigenvalue weighted by Gasteiger charge is -2.24. The van der Waals surface area contributed by atoms with Crippen LogP contribution in [-0.4, -0.2) is 23.8 Å². The highest BCUT2D eigenvalue weighted by atomic mass is 16.3. The van der Waals surface area contributed by atoms with Crippen LogP contribution in [-0.2, 0) is 0 Å². The summed E-state index contributed by atoms with van der Waals surface area (Å²) in [4.78, 5) is 0. The number of aliphatic hydroxyl groups is 1. The molecule has 9 heavy (non-hydrogen) atoms. The second-order valence-corrected chi connectivity index (χ2v) is 3.43. The monoisotopic (exact) mass is 127 g/mol. The fourth-order valence-electron chi connectivity index (χ4n) is 2.13. The van der Waals surface area contributed by atoms with Crippen molar-refractivity contribution in [3.05, 3.63) is 0 Å². The van der Waals surface area contributed by atoms with Gasteiger partial charge in [-0.2, -0.15) is 0 Å². The number of fused-ring (bicyclic) bond motifs is 2. The summed E-state index contributed by atoms with van der Waals surface area (Å²) >= 11 is 0. The van der Waals surface area contributed by atoms with Gasteiger partial charge in [-0.15, -0.1) is 0 Å². The molecule has 1 heterocycles. The molecule has 2 aliphatic rings. The minimum Gasteiger partial charge on any atom is -0.394 e. The Morgan fingerprint density at radius 2 is 2.56 bits per heavy atom. The summed E-state index contributed by atoms with van der Waals surface area (Å²) in [5, 5.41) is 12.3. The highest BCUT2D eigenvalue weighted by molar-refractivity contribution is 5.02. The van der Waals surface area contributed by atoms with Gasteiger partial charge >= 0.3 is 0 Å². The first-order chi connectivity index (χ1) is 4.35. The number of aliphatic hydroxyl groups excluding tert-OH is 1. The van der Waals surface area contributed by atoms with E-state index in [1.807, 2.05) is 0 Å². The Labute approximate surface area is 55.3 Å². The second kappa shape index (κ2) is 1.70. The third kappa shape index (κ3) is 0.700. The van der Waals surface area contributed by atoms with E-state index in [2.05, 4.69) is 5.32 Å². The molecule has 2 fully saturated rings. The first kappa shape index (κ1) is 5.69. The van der Waals surface area contributed by atoms with E-state index in [1.165, 1.54) is 19.3 Å². The summed E-state index contributed by atoms with van der Waals surface area (Å²) in [6.07, 6.45) is 3.73. The van der Waals surface area contributed by atoms with Gasteiger partial charge in [0, 0.05) is 5.54 Å². The van der Waals surface area contributed by atoms with Crippen molar-refractivity contribution in [3.8, 4) is 0 Å². The van der Waals surface area contributed by atoms with Crippen LogP contribution in [0.2, 0.25) is 0 Å². The molecular formula is C7H13NO. The van der Waals surface area contributed by atoms with Crippen molar-refractivity contribution in [1.29, 1.82) is 0 Å². The Balaban J connectivity index is 2.13. The predicted octanol–water partition coefficient (Wildman–Crippen LogP) is 0.121. The van der Waals surface area contributed by atoms with E-state index in [9.17, 15) is 0 Å². The van der Waals surface area contributed by atoms with Crippen molar-refractivity contribution in [3.63, 3.8) is 0 Å². The van der Waals surface area contributed by atoms with Gasteiger partial charge in [-0.25, -0.2) is 0 Å². The van der Waals surface area contributed by atoms with Crippen LogP contribution < -0.4 is 5.32 Å². The zero-order valence-corrected chi connectivity index (χ0v) is 5.56. The number of hydrogen-bond acceptors (Lipinski definition) is 2. The second-order valence-electron chi connectivity index (χ2n) is 3.43. The van der Waals surface area contributed by atoms with Gasteiger partial charge < -0.3 is 10.4 Å². The van der Waals surface area contributed by atoms with Crippen molar-refractivity contribution in [2.45, 2.75) is 24.8 Å². The molecule has 2 N–H and O–H groups in total. The van der Waals surface area contributed by atoms with Crippen LogP contribution in [0.15, 0.2) is 0 Å². The van der Waals surface area contributed by atoms with E-state index in [0.717, 1.165) is 12.5 Å². The summed E-state index contributed by atoms with van der Waals surface area (Å²) in [7, 11) is 0. The van der Waals surface area contributed by atoms with Gasteiger partial charge in [0.1, 0.15) is 0 Å². The topological polar surface area (TPSA) is 32.3 Å². The molecule has 2 bridgehead atoms. The molecule has 0 unspecified atom stereocenters. The van der Waals surface area contributed by atoms with Crippen LogP contribution in [0.4, 0.5) is 0 Å². The Hall–Kier alpha value is -0.0800. The Morgan fingerprint density at radius 3 is 2.78 bits per heavy atom. The predicted molar refractivity (Wildman–Crippen MR) is 35.2 cm³/mol. The number of rotatable bonds is 1. The SMILES string of the molecule is OC[C@@]12CC[C@H](CN1)C2. The summed E-state index contributed by atoms with van der Waals surface area (Å²) in [5.41, 5.74) is 0.157. The van der Waals surface area contributed by atoms with Gasteiger partial charge in [0.15, 0.2) is 0 Å². The summed E-state index contributed by atoms with van der Waals surface area (Å²) in [6.45, 7) is 1.48. The Kier molecular flexibility index (Phi) is 1.08. The molecular weight excluding hydrogens is 114 g/mol. The van der Waals surface area contributed by atoms with Crippen LogP contribution in [0.5, 0.6) is 0 Å². The first-order valence-corrected chi connectivity index (χ1v) is 3.71. The van der Waals surface area contributed by atoms with E-state index < -0.39 is 0 Å². The maximum Gasteiger partial charge on any atom is 0.0613 e. The van der Waals surface area contributed by atoms with Crippen molar-refractivity contribution in [1.82, 2.24) is 5.32 Å². The molecule has 2 heteroatoms. The van der Waals surface area contributed by atoms with Crippen LogP contribution in [0.25, 0.3) is 0 Å². The molecule has 0 radical (unpaired) electrons. The van der Waals surface area contributed by atoms with E-state index in [1.54, 1.807) is 0 Å². The molecule has 0 amide bonds. The van der Waals surface area contributed by atoms with Gasteiger partial charge in [0.25, 0.3) is 0 Å². The van der Waals surface area contributed by atoms with E-state index in [-0.39, 0.29) is 5.54 Å². The van der Waals surface area contributed by atoms with Gasteiger partial charge in [-0.05, 0) is 31.7 Å². The molecule has 1 aliphatic heterocycles. The fourth-order valence-corrected chi connectivity index (χ4v) is 2.13. The van der Waals surface area contributed by atoms with Crippen molar-refractivity contribution < 1.29 is 5.11 Å². The molecule has 52 valence electrons. The standard InChI is InChI=1S/C7H13NO/c9-5-7-2-1-6(3-7)4-8-7/h6,8-9H,1-5H2/t6-,7-/m0/s1. The molecule has 0 aromatic heterocycles. The van der Waals surface area contributed by atoms with Crippen molar-refractivity contribution in [2.75, 3.05) is 13.2 Å². The smallest absolute Gasteiger partial charge is 0.0613 e. The zero-order valence-electron chi connectivity index (χ0n) is 5.56. The maximum atomic E-state index is 8.98. The number of nitrogens with one attached hydrogen (secondary N) is 1. The van der Waals surface area contributed by atoms with Gasteiger partial charge in [0.05, 0.1) is 6.61 Å². The lowest BCUT2D eigenvalue weighted by molar-refractivity contribution is 0.178. The third-order valence-electron chi connectivity index (χ3n) is 2.78. The van der Waals surface area contributed by atoms with Gasteiger partial charge in [-0.1, -0.05) is 0 Å². The van der Waals surface area contributed by atoms with Crippen LogP contribution in [0, 0.1) is 5.92 Å². The minimum absolute atomic E-state index is 0.157. The zero-order chi connectivity index (χ0) is 6.32. The van der Waals surface area contributed by atoms with Crippen molar-refractivity contribution >= 4 is 0 Å². The summed E-state index contributed by atoms with van der Waals surface area (Å²) in [6, 6.07) is 0. The quantitative estimate of drug-likeness (QED) is 0.524. The van der Waals surface area contributed by atoms with E-state index in [0.29, 0.717) is 6.61 Å². The lowest BCUT2D eigenvalue weighted by atomic mass is 10.0. The Morgan fingerprint density at radius 1 is 1.67 bits per heavy atom. The average molecular weight is 127 g/mol. The third-order valence-corrected chi connectivity index (χ3v) is 2.78. The lowest BCUT2D eigenvalue weighted by Crippen LogP contribution is -2.43. The normalized spacial score (nSPS) is 48.3. The molecule has 0 aromatic rings. The van der Waals surface area contributed by atoms with Crippen molar-refractivity contribution in [2.24, 2.45) is 5.92 Å². The van der Waals surface area contributed by atoms with Gasteiger partial charge in [0.2, 0.25) is 0 Å². The maximum absolute atomic E-state index is 8.98. The molecule has 1 saturated carbocycles. The number of piperidine rings is 1. The summed E-state index contributed by atoms with van der Waals surface area (Å²) in [5.74, 6) is 0.872. The largest absolute Gasteiger partial charge is 0.394 e. The minimum atomic E-state index is 0.157. The summed E-state index contributed by atoms with van der Waals surface area (Å²) < 4.78 is 0. The van der Waals surface area contributed by atoms with Crippen LogP contribution in [0.1, 0.15) is 19.3 Å². The molecule has 0 aromatic carbocycles.